The summed E-state index contributed by atoms with van der Waals surface area (Å²) >= 11 is 0. The number of benzene rings is 1. The van der Waals surface area contributed by atoms with Gasteiger partial charge < -0.3 is 15.3 Å². The van der Waals surface area contributed by atoms with Crippen LogP contribution in [0.15, 0.2) is 24.3 Å². The second kappa shape index (κ2) is 6.16. The molecule has 114 valence electrons. The molecule has 1 fully saturated rings. The lowest BCUT2D eigenvalue weighted by Crippen LogP contribution is -2.45. The van der Waals surface area contributed by atoms with Crippen LogP contribution >= 0.6 is 0 Å². The highest BCUT2D eigenvalue weighted by Gasteiger charge is 2.27. The number of hydrogen-bond donors (Lipinski definition) is 2. The fraction of sp³-hybridized carbons (Fsp3) is 0.500. The molecule has 0 unspecified atom stereocenters. The molecule has 5 nitrogen and oxygen atoms in total. The number of hydrogen-bond acceptors (Lipinski definition) is 2. The fourth-order valence-corrected chi connectivity index (χ4v) is 2.37. The maximum atomic E-state index is 12.1. The number of amides is 2. The Bertz CT molecular complexity index is 513. The quantitative estimate of drug-likeness (QED) is 0.899. The van der Waals surface area contributed by atoms with Crippen LogP contribution in [0.5, 0.6) is 0 Å². The Labute approximate surface area is 125 Å². The summed E-state index contributed by atoms with van der Waals surface area (Å²) in [7, 11) is 0. The van der Waals surface area contributed by atoms with Crippen molar-refractivity contribution in [1.29, 1.82) is 0 Å². The molecule has 1 aromatic carbocycles. The van der Waals surface area contributed by atoms with Crippen LogP contribution < -0.4 is 5.32 Å². The minimum atomic E-state index is -0.943. The molecule has 0 radical (unpaired) electrons. The Morgan fingerprint density at radius 2 is 1.76 bits per heavy atom. The van der Waals surface area contributed by atoms with Gasteiger partial charge in [-0.15, -0.1) is 0 Å². The first-order valence-electron chi connectivity index (χ1n) is 7.22. The van der Waals surface area contributed by atoms with Crippen molar-refractivity contribution in [3.63, 3.8) is 0 Å². The number of carboxylic acids is 1. The number of carboxylic acid groups (broad SMARTS) is 1. The van der Waals surface area contributed by atoms with Gasteiger partial charge >= 0.3 is 12.0 Å². The Balaban J connectivity index is 1.82. The predicted molar refractivity (Wildman–Crippen MR) is 80.2 cm³/mol. The first kappa shape index (κ1) is 15.4. The molecule has 1 aromatic rings. The van der Waals surface area contributed by atoms with Crippen LogP contribution in [-0.4, -0.2) is 35.1 Å². The zero-order valence-electron chi connectivity index (χ0n) is 12.6. The zero-order chi connectivity index (χ0) is 15.5. The summed E-state index contributed by atoms with van der Waals surface area (Å²) in [6, 6.07) is 6.50. The molecular weight excluding hydrogens is 268 g/mol. The molecule has 1 heterocycles. The highest BCUT2D eigenvalue weighted by molar-refractivity contribution is 5.87. The molecule has 1 aliphatic heterocycles. The zero-order valence-corrected chi connectivity index (χ0v) is 12.6. The third-order valence-electron chi connectivity index (χ3n) is 4.05. The summed E-state index contributed by atoms with van der Waals surface area (Å²) < 4.78 is 0. The lowest BCUT2D eigenvalue weighted by molar-refractivity contribution is 0.0696. The summed E-state index contributed by atoms with van der Waals surface area (Å²) in [5.74, 6) is -0.943. The van der Waals surface area contributed by atoms with E-state index in [4.69, 9.17) is 5.11 Å². The number of urea groups is 1. The number of nitrogens with zero attached hydrogens (tertiary/aromatic N) is 1. The van der Waals surface area contributed by atoms with Gasteiger partial charge in [-0.2, -0.15) is 0 Å². The first-order chi connectivity index (χ1) is 9.87. The normalized spacial score (nSPS) is 17.3. The summed E-state index contributed by atoms with van der Waals surface area (Å²) in [5, 5.41) is 11.7. The Morgan fingerprint density at radius 1 is 1.19 bits per heavy atom. The molecule has 0 atom stereocenters. The van der Waals surface area contributed by atoms with Crippen molar-refractivity contribution in [3.05, 3.63) is 35.4 Å². The predicted octanol–water partition coefficient (Wildman–Crippen LogP) is 2.72. The largest absolute Gasteiger partial charge is 0.478 e. The number of likely N-dealkylation sites (tertiary alicyclic amines) is 1. The van der Waals surface area contributed by atoms with E-state index < -0.39 is 5.97 Å². The molecule has 2 amide bonds. The maximum Gasteiger partial charge on any atom is 0.335 e. The molecule has 2 N–H and O–H groups in total. The van der Waals surface area contributed by atoms with E-state index in [1.807, 2.05) is 4.90 Å². The van der Waals surface area contributed by atoms with Gasteiger partial charge in [0.25, 0.3) is 0 Å². The molecule has 2 rings (SSSR count). The summed E-state index contributed by atoms with van der Waals surface area (Å²) in [6.07, 6.45) is 2.04. The summed E-state index contributed by atoms with van der Waals surface area (Å²) in [6.45, 7) is 6.45. The molecule has 0 bridgehead atoms. The summed E-state index contributed by atoms with van der Waals surface area (Å²) in [4.78, 5) is 24.7. The summed E-state index contributed by atoms with van der Waals surface area (Å²) in [5.41, 5.74) is 1.47. The second-order valence-corrected chi connectivity index (χ2v) is 6.31. The van der Waals surface area contributed by atoms with Gasteiger partial charge in [0.05, 0.1) is 5.56 Å². The number of nitrogens with one attached hydrogen (secondary N) is 1. The van der Waals surface area contributed by atoms with Gasteiger partial charge in [0.1, 0.15) is 0 Å². The van der Waals surface area contributed by atoms with E-state index in [2.05, 4.69) is 19.2 Å². The van der Waals surface area contributed by atoms with Crippen LogP contribution in [0.4, 0.5) is 4.79 Å². The van der Waals surface area contributed by atoms with Crippen LogP contribution in [0, 0.1) is 5.41 Å². The van der Waals surface area contributed by atoms with E-state index in [0.717, 1.165) is 31.5 Å². The fourth-order valence-electron chi connectivity index (χ4n) is 2.37. The highest BCUT2D eigenvalue weighted by atomic mass is 16.4. The van der Waals surface area contributed by atoms with Crippen molar-refractivity contribution in [3.8, 4) is 0 Å². The monoisotopic (exact) mass is 290 g/mol. The Kier molecular flexibility index (Phi) is 4.50. The second-order valence-electron chi connectivity index (χ2n) is 6.31. The van der Waals surface area contributed by atoms with Crippen molar-refractivity contribution in [2.75, 3.05) is 13.1 Å². The van der Waals surface area contributed by atoms with Crippen LogP contribution in [0.3, 0.4) is 0 Å². The van der Waals surface area contributed by atoms with Crippen molar-refractivity contribution < 1.29 is 14.7 Å². The van der Waals surface area contributed by atoms with E-state index in [9.17, 15) is 9.59 Å². The van der Waals surface area contributed by atoms with Crippen molar-refractivity contribution >= 4 is 12.0 Å². The Morgan fingerprint density at radius 3 is 2.29 bits per heavy atom. The van der Waals surface area contributed by atoms with E-state index in [1.54, 1.807) is 24.3 Å². The van der Waals surface area contributed by atoms with E-state index >= 15 is 0 Å². The van der Waals surface area contributed by atoms with Crippen molar-refractivity contribution in [2.45, 2.75) is 33.2 Å². The number of aromatic carboxylic acids is 1. The van der Waals surface area contributed by atoms with E-state index in [1.165, 1.54) is 0 Å². The third-order valence-corrected chi connectivity index (χ3v) is 4.05. The molecule has 0 spiro atoms. The third kappa shape index (κ3) is 4.21. The average Bonchev–Trinajstić information content (AvgIpc) is 2.45. The average molecular weight is 290 g/mol. The smallest absolute Gasteiger partial charge is 0.335 e. The van der Waals surface area contributed by atoms with Crippen LogP contribution in [0.2, 0.25) is 0 Å². The van der Waals surface area contributed by atoms with Crippen LogP contribution in [0.25, 0.3) is 0 Å². The van der Waals surface area contributed by atoms with E-state index in [0.29, 0.717) is 12.0 Å². The molecular formula is C16H22N2O3. The number of carbonyl (C=O) groups is 2. The molecule has 21 heavy (non-hydrogen) atoms. The van der Waals surface area contributed by atoms with Gasteiger partial charge in [0.15, 0.2) is 0 Å². The van der Waals surface area contributed by atoms with E-state index in [-0.39, 0.29) is 11.6 Å². The van der Waals surface area contributed by atoms with Crippen LogP contribution in [0.1, 0.15) is 42.6 Å². The molecule has 1 saturated heterocycles. The van der Waals surface area contributed by atoms with Gasteiger partial charge in [-0.25, -0.2) is 9.59 Å². The van der Waals surface area contributed by atoms with Gasteiger partial charge in [-0.3, -0.25) is 0 Å². The lowest BCUT2D eigenvalue weighted by atomic mass is 9.83. The number of rotatable bonds is 3. The SMILES string of the molecule is CC1(C)CCN(C(=O)NCc2ccc(C(=O)O)cc2)CC1. The van der Waals surface area contributed by atoms with Gasteiger partial charge in [0, 0.05) is 19.6 Å². The Hall–Kier alpha value is -2.04. The maximum absolute atomic E-state index is 12.1. The number of piperidine rings is 1. The van der Waals surface area contributed by atoms with Gasteiger partial charge in [-0.05, 0) is 36.0 Å². The van der Waals surface area contributed by atoms with Crippen LogP contribution in [-0.2, 0) is 6.54 Å². The van der Waals surface area contributed by atoms with Gasteiger partial charge in [-0.1, -0.05) is 26.0 Å². The van der Waals surface area contributed by atoms with Crippen molar-refractivity contribution in [2.24, 2.45) is 5.41 Å². The van der Waals surface area contributed by atoms with Crippen molar-refractivity contribution in [1.82, 2.24) is 10.2 Å². The molecule has 0 aromatic heterocycles. The molecule has 0 saturated carbocycles. The molecule has 0 aliphatic carbocycles. The van der Waals surface area contributed by atoms with Gasteiger partial charge in [0.2, 0.25) is 0 Å². The standard InChI is InChI=1S/C16H22N2O3/c1-16(2)7-9-18(10-8-16)15(21)17-11-12-3-5-13(6-4-12)14(19)20/h3-6H,7-11H2,1-2H3,(H,17,21)(H,19,20). The topological polar surface area (TPSA) is 69.6 Å². The minimum absolute atomic E-state index is 0.0483. The first-order valence-corrected chi connectivity index (χ1v) is 7.22. The highest BCUT2D eigenvalue weighted by Crippen LogP contribution is 2.29. The minimum Gasteiger partial charge on any atom is -0.478 e. The lowest BCUT2D eigenvalue weighted by Gasteiger charge is -2.36. The molecule has 1 aliphatic rings. The molecule has 5 heteroatoms. The number of carbonyl (C=O) groups excluding carboxylic acids is 1.